The fraction of sp³-hybridized carbons (Fsp3) is 0.300. The van der Waals surface area contributed by atoms with Crippen molar-refractivity contribution in [1.82, 2.24) is 0 Å². The Bertz CT molecular complexity index is 349. The van der Waals surface area contributed by atoms with Crippen molar-refractivity contribution < 1.29 is 4.79 Å². The van der Waals surface area contributed by atoms with Crippen molar-refractivity contribution in [2.24, 2.45) is 0 Å². The van der Waals surface area contributed by atoms with Gasteiger partial charge in [0.1, 0.15) is 0 Å². The molecule has 0 atom stereocenters. The molecule has 0 radical (unpaired) electrons. The molecular formula is C10H9BrCl2O. The van der Waals surface area contributed by atoms with Gasteiger partial charge in [0.05, 0.1) is 4.32 Å². The second-order valence-corrected chi connectivity index (χ2v) is 6.32. The molecule has 4 heteroatoms. The van der Waals surface area contributed by atoms with Gasteiger partial charge in [0.25, 0.3) is 0 Å². The molecule has 0 unspecified atom stereocenters. The van der Waals surface area contributed by atoms with E-state index in [9.17, 15) is 4.79 Å². The SMILES string of the molecule is CC(C)(Br)C(=O)c1cc(Cl)cc(Cl)c1. The standard InChI is InChI=1S/C10H9BrCl2O/c1-10(2,11)9(14)6-3-7(12)5-8(13)4-6/h3-5H,1-2H3. The minimum absolute atomic E-state index is 0.0399. The summed E-state index contributed by atoms with van der Waals surface area (Å²) in [4.78, 5) is 11.8. The third-order valence-corrected chi connectivity index (χ3v) is 2.46. The van der Waals surface area contributed by atoms with Gasteiger partial charge in [0.15, 0.2) is 5.78 Å². The van der Waals surface area contributed by atoms with Crippen LogP contribution in [0.5, 0.6) is 0 Å². The lowest BCUT2D eigenvalue weighted by molar-refractivity contribution is 0.0961. The highest BCUT2D eigenvalue weighted by molar-refractivity contribution is 9.10. The molecule has 0 spiro atoms. The number of hydrogen-bond acceptors (Lipinski definition) is 1. The summed E-state index contributed by atoms with van der Waals surface area (Å²) >= 11 is 14.9. The average Bonchev–Trinajstić information content (AvgIpc) is 1.99. The summed E-state index contributed by atoms with van der Waals surface area (Å²) in [7, 11) is 0. The molecule has 0 aliphatic heterocycles. The molecule has 1 aromatic carbocycles. The quantitative estimate of drug-likeness (QED) is 0.585. The summed E-state index contributed by atoms with van der Waals surface area (Å²) in [6.07, 6.45) is 0. The molecule has 0 aliphatic carbocycles. The van der Waals surface area contributed by atoms with Gasteiger partial charge in [-0.2, -0.15) is 0 Å². The Hall–Kier alpha value is -0.0500. The molecule has 0 N–H and O–H groups in total. The van der Waals surface area contributed by atoms with Crippen molar-refractivity contribution in [2.45, 2.75) is 18.2 Å². The summed E-state index contributed by atoms with van der Waals surface area (Å²) < 4.78 is -0.596. The van der Waals surface area contributed by atoms with Crippen molar-refractivity contribution in [1.29, 1.82) is 0 Å². The van der Waals surface area contributed by atoms with Gasteiger partial charge in [0, 0.05) is 15.6 Å². The lowest BCUT2D eigenvalue weighted by atomic mass is 10.0. The van der Waals surface area contributed by atoms with E-state index < -0.39 is 4.32 Å². The summed E-state index contributed by atoms with van der Waals surface area (Å²) in [5, 5.41) is 0.940. The van der Waals surface area contributed by atoms with Crippen LogP contribution in [0, 0.1) is 0 Å². The monoisotopic (exact) mass is 294 g/mol. The molecule has 0 saturated heterocycles. The molecule has 0 fully saturated rings. The number of Topliss-reactive ketones (excluding diaryl/α,β-unsaturated/α-hetero) is 1. The molecule has 1 aromatic rings. The third-order valence-electron chi connectivity index (χ3n) is 1.66. The van der Waals surface area contributed by atoms with Gasteiger partial charge in [-0.1, -0.05) is 39.1 Å². The van der Waals surface area contributed by atoms with E-state index in [2.05, 4.69) is 15.9 Å². The first kappa shape index (κ1) is 12.0. The summed E-state index contributed by atoms with van der Waals surface area (Å²) in [5.41, 5.74) is 0.518. The predicted molar refractivity (Wildman–Crippen MR) is 63.8 cm³/mol. The lowest BCUT2D eigenvalue weighted by Crippen LogP contribution is -2.23. The number of rotatable bonds is 2. The minimum atomic E-state index is -0.596. The van der Waals surface area contributed by atoms with Crippen LogP contribution in [0.3, 0.4) is 0 Å². The van der Waals surface area contributed by atoms with Crippen molar-refractivity contribution in [3.63, 3.8) is 0 Å². The maximum absolute atomic E-state index is 11.8. The van der Waals surface area contributed by atoms with E-state index >= 15 is 0 Å². The Kier molecular flexibility index (Phi) is 3.62. The first-order valence-corrected chi connectivity index (χ1v) is 5.55. The molecule has 0 saturated carbocycles. The number of halogens is 3. The van der Waals surface area contributed by atoms with Gasteiger partial charge in [-0.25, -0.2) is 0 Å². The molecule has 0 heterocycles. The maximum Gasteiger partial charge on any atom is 0.179 e. The average molecular weight is 296 g/mol. The fourth-order valence-electron chi connectivity index (χ4n) is 1.03. The van der Waals surface area contributed by atoms with E-state index in [0.29, 0.717) is 15.6 Å². The van der Waals surface area contributed by atoms with Gasteiger partial charge < -0.3 is 0 Å². The van der Waals surface area contributed by atoms with Crippen molar-refractivity contribution in [3.05, 3.63) is 33.8 Å². The highest BCUT2D eigenvalue weighted by atomic mass is 79.9. The van der Waals surface area contributed by atoms with Crippen LogP contribution in [0.4, 0.5) is 0 Å². The smallest absolute Gasteiger partial charge is 0.179 e. The van der Waals surface area contributed by atoms with Gasteiger partial charge in [0.2, 0.25) is 0 Å². The van der Waals surface area contributed by atoms with Crippen LogP contribution in [0.2, 0.25) is 10.0 Å². The Morgan fingerprint density at radius 1 is 1.21 bits per heavy atom. The van der Waals surface area contributed by atoms with Gasteiger partial charge in [-0.3, -0.25) is 4.79 Å². The molecule has 0 aromatic heterocycles. The second kappa shape index (κ2) is 4.21. The summed E-state index contributed by atoms with van der Waals surface area (Å²) in [6, 6.07) is 4.82. The first-order chi connectivity index (χ1) is 6.30. The topological polar surface area (TPSA) is 17.1 Å². The van der Waals surface area contributed by atoms with Crippen LogP contribution in [0.15, 0.2) is 18.2 Å². The number of carbonyl (C=O) groups excluding carboxylic acids is 1. The summed E-state index contributed by atoms with van der Waals surface area (Å²) in [6.45, 7) is 3.56. The van der Waals surface area contributed by atoms with Gasteiger partial charge in [-0.15, -0.1) is 0 Å². The second-order valence-electron chi connectivity index (χ2n) is 3.46. The van der Waals surface area contributed by atoms with Crippen molar-refractivity contribution in [2.75, 3.05) is 0 Å². The zero-order chi connectivity index (χ0) is 10.9. The van der Waals surface area contributed by atoms with E-state index in [1.54, 1.807) is 32.0 Å². The van der Waals surface area contributed by atoms with Gasteiger partial charge in [-0.05, 0) is 32.0 Å². The van der Waals surface area contributed by atoms with Crippen LogP contribution in [0.25, 0.3) is 0 Å². The lowest BCUT2D eigenvalue weighted by Gasteiger charge is -2.14. The fourth-order valence-corrected chi connectivity index (χ4v) is 1.78. The van der Waals surface area contributed by atoms with Crippen LogP contribution in [-0.4, -0.2) is 10.1 Å². The number of carbonyl (C=O) groups is 1. The Morgan fingerprint density at radius 2 is 1.64 bits per heavy atom. The van der Waals surface area contributed by atoms with Crippen LogP contribution < -0.4 is 0 Å². The molecule has 0 bridgehead atoms. The van der Waals surface area contributed by atoms with E-state index in [0.717, 1.165) is 0 Å². The number of hydrogen-bond donors (Lipinski definition) is 0. The first-order valence-electron chi connectivity index (χ1n) is 4.00. The molecule has 0 amide bonds. The number of alkyl halides is 1. The van der Waals surface area contributed by atoms with E-state index in [4.69, 9.17) is 23.2 Å². The Labute approximate surface area is 102 Å². The number of benzene rings is 1. The van der Waals surface area contributed by atoms with E-state index in [1.807, 2.05) is 0 Å². The van der Waals surface area contributed by atoms with E-state index in [-0.39, 0.29) is 5.78 Å². The minimum Gasteiger partial charge on any atom is -0.293 e. The predicted octanol–water partition coefficient (Wildman–Crippen LogP) is 4.35. The molecule has 1 rings (SSSR count). The Balaban J connectivity index is 3.14. The third kappa shape index (κ3) is 2.97. The molecule has 76 valence electrons. The van der Waals surface area contributed by atoms with Crippen LogP contribution >= 0.6 is 39.1 Å². The summed E-state index contributed by atoms with van der Waals surface area (Å²) in [5.74, 6) is -0.0399. The highest BCUT2D eigenvalue weighted by Crippen LogP contribution is 2.26. The van der Waals surface area contributed by atoms with E-state index in [1.165, 1.54) is 0 Å². The Morgan fingerprint density at radius 3 is 2.00 bits per heavy atom. The van der Waals surface area contributed by atoms with Crippen molar-refractivity contribution >= 4 is 44.9 Å². The molecule has 0 aliphatic rings. The maximum atomic E-state index is 11.8. The zero-order valence-corrected chi connectivity index (χ0v) is 10.9. The molecule has 1 nitrogen and oxygen atoms in total. The van der Waals surface area contributed by atoms with Crippen molar-refractivity contribution in [3.8, 4) is 0 Å². The number of ketones is 1. The normalized spacial score (nSPS) is 11.5. The zero-order valence-electron chi connectivity index (χ0n) is 7.77. The van der Waals surface area contributed by atoms with Crippen LogP contribution in [0.1, 0.15) is 24.2 Å². The van der Waals surface area contributed by atoms with Gasteiger partial charge >= 0.3 is 0 Å². The van der Waals surface area contributed by atoms with Crippen LogP contribution in [-0.2, 0) is 0 Å². The molecular weight excluding hydrogens is 287 g/mol. The molecule has 14 heavy (non-hydrogen) atoms. The largest absolute Gasteiger partial charge is 0.293 e. The highest BCUT2D eigenvalue weighted by Gasteiger charge is 2.25.